The fourth-order valence-electron chi connectivity index (χ4n) is 4.13. The zero-order chi connectivity index (χ0) is 21.1. The maximum atomic E-state index is 12.5. The number of benzene rings is 1. The minimum Gasteiger partial charge on any atom is -0.447 e. The van der Waals surface area contributed by atoms with Gasteiger partial charge in [-0.2, -0.15) is 0 Å². The van der Waals surface area contributed by atoms with Gasteiger partial charge in [-0.3, -0.25) is 14.6 Å². The molecular weight excluding hydrogens is 380 g/mol. The van der Waals surface area contributed by atoms with Crippen LogP contribution < -0.4 is 5.32 Å². The zero-order valence-corrected chi connectivity index (χ0v) is 17.9. The number of piperazine rings is 1. The monoisotopic (exact) mass is 412 g/mol. The fourth-order valence-corrected chi connectivity index (χ4v) is 4.13. The molecule has 0 radical (unpaired) electrons. The number of aromatic nitrogens is 1. The van der Waals surface area contributed by atoms with Crippen LogP contribution in [-0.2, 0) is 19.4 Å². The highest BCUT2D eigenvalue weighted by molar-refractivity contribution is 6.02. The van der Waals surface area contributed by atoms with E-state index in [4.69, 9.17) is 4.42 Å². The Hall–Kier alpha value is -2.22. The summed E-state index contributed by atoms with van der Waals surface area (Å²) in [4.78, 5) is 21.5. The van der Waals surface area contributed by atoms with Gasteiger partial charge in [0, 0.05) is 38.4 Å². The molecule has 30 heavy (non-hydrogen) atoms. The summed E-state index contributed by atoms with van der Waals surface area (Å²) in [5, 5.41) is 13.0. The van der Waals surface area contributed by atoms with E-state index in [9.17, 15) is 9.90 Å². The molecule has 7 nitrogen and oxygen atoms in total. The Morgan fingerprint density at radius 3 is 2.67 bits per heavy atom. The number of carbonyl (C=O) groups excluding carboxylic acids is 1. The molecule has 1 aromatic carbocycles. The van der Waals surface area contributed by atoms with Crippen LogP contribution in [0.2, 0.25) is 0 Å². The molecule has 7 heteroatoms. The Balaban J connectivity index is 1.27. The van der Waals surface area contributed by atoms with Crippen LogP contribution in [0.1, 0.15) is 47.8 Å². The first-order valence-electron chi connectivity index (χ1n) is 11.0. The predicted octanol–water partition coefficient (Wildman–Crippen LogP) is 2.55. The molecule has 1 saturated heterocycles. The van der Waals surface area contributed by atoms with Crippen molar-refractivity contribution in [3.63, 3.8) is 0 Å². The lowest BCUT2D eigenvalue weighted by Gasteiger charge is -2.35. The fraction of sp³-hybridized carbons (Fsp3) is 0.565. The second kappa shape index (κ2) is 9.29. The number of aliphatic hydroxyl groups excluding tert-OH is 1. The third kappa shape index (κ3) is 5.09. The molecule has 1 aromatic heterocycles. The molecule has 2 heterocycles. The molecule has 2 N–H and O–H groups in total. The standard InChI is InChI=1S/C23H32N4O3/c1-16(2)21(28)13-26-8-10-27(11-9-26)14-22-25-20(15-30-22)23(29)24-19-7-6-17-4-3-5-18(17)12-19/h6-7,12,15-16,21,28H,3-5,8-11,13-14H2,1-2H3,(H,24,29)/t21-/m0/s1. The van der Waals surface area contributed by atoms with Gasteiger partial charge < -0.3 is 14.8 Å². The van der Waals surface area contributed by atoms with E-state index in [1.54, 1.807) is 0 Å². The quantitative estimate of drug-likeness (QED) is 0.727. The third-order valence-corrected chi connectivity index (χ3v) is 6.18. The second-order valence-electron chi connectivity index (χ2n) is 8.81. The number of hydrogen-bond donors (Lipinski definition) is 2. The molecule has 2 aromatic rings. The van der Waals surface area contributed by atoms with Gasteiger partial charge in [-0.25, -0.2) is 4.98 Å². The molecule has 162 valence electrons. The largest absolute Gasteiger partial charge is 0.447 e. The first kappa shape index (κ1) is 21.0. The van der Waals surface area contributed by atoms with E-state index in [-0.39, 0.29) is 17.9 Å². The Kier molecular flexibility index (Phi) is 6.51. The van der Waals surface area contributed by atoms with E-state index >= 15 is 0 Å². The first-order chi connectivity index (χ1) is 14.5. The maximum Gasteiger partial charge on any atom is 0.277 e. The van der Waals surface area contributed by atoms with Crippen molar-refractivity contribution >= 4 is 11.6 Å². The van der Waals surface area contributed by atoms with Crippen molar-refractivity contribution in [2.24, 2.45) is 5.92 Å². The number of aryl methyl sites for hydroxylation is 2. The molecule has 1 aliphatic heterocycles. The molecule has 4 rings (SSSR count). The number of fused-ring (bicyclic) bond motifs is 1. The Labute approximate surface area is 178 Å². The van der Waals surface area contributed by atoms with Crippen LogP contribution in [-0.4, -0.2) is 64.6 Å². The molecule has 0 saturated carbocycles. The lowest BCUT2D eigenvalue weighted by Crippen LogP contribution is -2.48. The van der Waals surface area contributed by atoms with Crippen LogP contribution in [0, 0.1) is 5.92 Å². The summed E-state index contributed by atoms with van der Waals surface area (Å²) < 4.78 is 5.56. The summed E-state index contributed by atoms with van der Waals surface area (Å²) in [6.07, 6.45) is 4.55. The van der Waals surface area contributed by atoms with Gasteiger partial charge in [-0.05, 0) is 48.4 Å². The van der Waals surface area contributed by atoms with Gasteiger partial charge in [0.1, 0.15) is 6.26 Å². The second-order valence-corrected chi connectivity index (χ2v) is 8.81. The number of hydrogen-bond acceptors (Lipinski definition) is 6. The zero-order valence-electron chi connectivity index (χ0n) is 17.9. The van der Waals surface area contributed by atoms with E-state index in [1.807, 2.05) is 19.9 Å². The average molecular weight is 413 g/mol. The molecule has 2 aliphatic rings. The molecule has 0 spiro atoms. The van der Waals surface area contributed by atoms with Gasteiger partial charge in [0.2, 0.25) is 5.89 Å². The predicted molar refractivity (Wildman–Crippen MR) is 115 cm³/mol. The van der Waals surface area contributed by atoms with Crippen molar-refractivity contribution < 1.29 is 14.3 Å². The van der Waals surface area contributed by atoms with Crippen LogP contribution in [0.5, 0.6) is 0 Å². The maximum absolute atomic E-state index is 12.5. The van der Waals surface area contributed by atoms with E-state index < -0.39 is 0 Å². The van der Waals surface area contributed by atoms with Crippen molar-refractivity contribution in [1.29, 1.82) is 0 Å². The van der Waals surface area contributed by atoms with E-state index in [0.717, 1.165) is 51.3 Å². The summed E-state index contributed by atoms with van der Waals surface area (Å²) in [6.45, 7) is 9.01. The topological polar surface area (TPSA) is 81.8 Å². The molecule has 0 unspecified atom stereocenters. The van der Waals surface area contributed by atoms with E-state index in [2.05, 4.69) is 32.2 Å². The van der Waals surface area contributed by atoms with Gasteiger partial charge in [0.05, 0.1) is 12.6 Å². The number of aliphatic hydroxyl groups is 1. The molecular formula is C23H32N4O3. The van der Waals surface area contributed by atoms with Crippen LogP contribution in [0.15, 0.2) is 28.9 Å². The summed E-state index contributed by atoms with van der Waals surface area (Å²) in [5.41, 5.74) is 3.83. The number of β-amino-alcohol motifs (C(OH)–C–C–N with tert-alkyl or cyclic N) is 1. The number of anilines is 1. The summed E-state index contributed by atoms with van der Waals surface area (Å²) >= 11 is 0. The Morgan fingerprint density at radius 1 is 1.17 bits per heavy atom. The molecule has 1 fully saturated rings. The minimum atomic E-state index is -0.282. The van der Waals surface area contributed by atoms with Crippen molar-refractivity contribution in [3.05, 3.63) is 47.2 Å². The SMILES string of the molecule is CC(C)[C@@H](O)CN1CCN(Cc2nc(C(=O)Nc3ccc4c(c3)CCC4)co2)CC1. The molecule has 1 atom stereocenters. The highest BCUT2D eigenvalue weighted by Gasteiger charge is 2.22. The van der Waals surface area contributed by atoms with Crippen LogP contribution in [0.25, 0.3) is 0 Å². The lowest BCUT2D eigenvalue weighted by atomic mass is 10.1. The van der Waals surface area contributed by atoms with E-state index in [0.29, 0.717) is 18.1 Å². The van der Waals surface area contributed by atoms with Crippen molar-refractivity contribution in [2.45, 2.75) is 45.8 Å². The highest BCUT2D eigenvalue weighted by Crippen LogP contribution is 2.25. The number of carbonyl (C=O) groups is 1. The van der Waals surface area contributed by atoms with Crippen molar-refractivity contribution in [3.8, 4) is 0 Å². The van der Waals surface area contributed by atoms with Gasteiger partial charge in [0.25, 0.3) is 5.91 Å². The van der Waals surface area contributed by atoms with Crippen LogP contribution in [0.3, 0.4) is 0 Å². The van der Waals surface area contributed by atoms with Gasteiger partial charge in [-0.1, -0.05) is 19.9 Å². The van der Waals surface area contributed by atoms with Crippen LogP contribution in [0.4, 0.5) is 5.69 Å². The van der Waals surface area contributed by atoms with Crippen molar-refractivity contribution in [2.75, 3.05) is 38.0 Å². The summed E-state index contributed by atoms with van der Waals surface area (Å²) in [5.74, 6) is 0.594. The highest BCUT2D eigenvalue weighted by atomic mass is 16.3. The summed E-state index contributed by atoms with van der Waals surface area (Å²) in [7, 11) is 0. The molecule has 1 amide bonds. The minimum absolute atomic E-state index is 0.240. The van der Waals surface area contributed by atoms with Gasteiger partial charge >= 0.3 is 0 Å². The molecule has 0 bridgehead atoms. The smallest absolute Gasteiger partial charge is 0.277 e. The average Bonchev–Trinajstić information content (AvgIpc) is 3.38. The Bertz CT molecular complexity index is 871. The van der Waals surface area contributed by atoms with Crippen molar-refractivity contribution in [1.82, 2.24) is 14.8 Å². The first-order valence-corrected chi connectivity index (χ1v) is 11.0. The summed E-state index contributed by atoms with van der Waals surface area (Å²) in [6, 6.07) is 6.13. The van der Waals surface area contributed by atoms with Gasteiger partial charge in [-0.15, -0.1) is 0 Å². The molecule has 1 aliphatic carbocycles. The normalized spacial score (nSPS) is 18.5. The van der Waals surface area contributed by atoms with Gasteiger partial charge in [0.15, 0.2) is 5.69 Å². The number of amides is 1. The number of oxazole rings is 1. The Morgan fingerprint density at radius 2 is 1.90 bits per heavy atom. The lowest BCUT2D eigenvalue weighted by molar-refractivity contribution is 0.0463. The third-order valence-electron chi connectivity index (χ3n) is 6.18. The number of nitrogens with one attached hydrogen (secondary N) is 1. The number of nitrogens with zero attached hydrogens (tertiary/aromatic N) is 3. The van der Waals surface area contributed by atoms with Crippen LogP contribution >= 0.6 is 0 Å². The number of rotatable bonds is 7. The van der Waals surface area contributed by atoms with E-state index in [1.165, 1.54) is 23.8 Å².